The molecule has 0 N–H and O–H groups in total. The number of thiol groups is 1. The fourth-order valence-corrected chi connectivity index (χ4v) is 0.992. The van der Waals surface area contributed by atoms with Gasteiger partial charge in [-0.3, -0.25) is 0 Å². The molecule has 0 aliphatic rings. The van der Waals surface area contributed by atoms with Crippen molar-refractivity contribution < 1.29 is 0 Å². The van der Waals surface area contributed by atoms with E-state index in [1.807, 2.05) is 17.5 Å². The van der Waals surface area contributed by atoms with Crippen LogP contribution in [0.4, 0.5) is 0 Å². The monoisotopic (exact) mass is 124 g/mol. The summed E-state index contributed by atoms with van der Waals surface area (Å²) in [6.45, 7) is 0. The maximum absolute atomic E-state index is 4.05. The number of hydrogen-bond donors (Lipinski definition) is 1. The Kier molecular flexibility index (Phi) is 3.96. The summed E-state index contributed by atoms with van der Waals surface area (Å²) in [4.78, 5) is 0. The van der Waals surface area contributed by atoms with E-state index in [2.05, 4.69) is 12.6 Å². The Bertz CT molecular complexity index is 113. The Balaban J connectivity index is 0.000000360. The molecule has 0 fully saturated rings. The Hall–Kier alpha value is 0.647. The second kappa shape index (κ2) is 3.63. The molecule has 1 aromatic rings. The van der Waals surface area contributed by atoms with Gasteiger partial charge in [-0.05, 0) is 11.4 Å². The average molecular weight is 124 g/mol. The van der Waals surface area contributed by atoms with E-state index >= 15 is 0 Å². The first-order chi connectivity index (χ1) is 2.89. The number of thiophene rings is 1. The number of hydrogen-bond acceptors (Lipinski definition) is 2. The fourth-order valence-electron chi connectivity index (χ4n) is 0.270. The molecule has 0 radical (unpaired) electrons. The van der Waals surface area contributed by atoms with Gasteiger partial charge in [0.05, 0.1) is 4.21 Å². The fraction of sp³-hybridized carbons (Fsp3) is 0. The Morgan fingerprint density at radius 1 is 1.57 bits per heavy atom. The van der Waals surface area contributed by atoms with Gasteiger partial charge in [0.1, 0.15) is 0 Å². The van der Waals surface area contributed by atoms with Crippen molar-refractivity contribution in [3.05, 3.63) is 17.5 Å². The third-order valence-electron chi connectivity index (χ3n) is 0.506. The molecule has 0 nitrogen and oxygen atoms in total. The molecule has 7 heavy (non-hydrogen) atoms. The molecule has 1 aromatic heterocycles. The van der Waals surface area contributed by atoms with Crippen molar-refractivity contribution in [1.29, 1.82) is 0 Å². The molecule has 0 aliphatic heterocycles. The zero-order valence-corrected chi connectivity index (χ0v) is 4.80. The van der Waals surface area contributed by atoms with Gasteiger partial charge in [-0.15, -0.1) is 24.0 Å². The van der Waals surface area contributed by atoms with Crippen LogP contribution >= 0.6 is 24.0 Å². The molecule has 0 atom stereocenters. The van der Waals surface area contributed by atoms with Crippen LogP contribution in [0.1, 0.15) is 0 Å². The summed E-state index contributed by atoms with van der Waals surface area (Å²) in [7, 11) is 0. The predicted molar refractivity (Wildman–Crippen MR) is 38.7 cm³/mol. The van der Waals surface area contributed by atoms with E-state index in [-0.39, 0.29) is 18.9 Å². The van der Waals surface area contributed by atoms with Crippen molar-refractivity contribution in [1.82, 2.24) is 0 Å². The summed E-state index contributed by atoms with van der Waals surface area (Å²) in [5.41, 5.74) is 0. The van der Waals surface area contributed by atoms with Crippen LogP contribution in [0.15, 0.2) is 21.7 Å². The van der Waals surface area contributed by atoms with E-state index in [0.29, 0.717) is 0 Å². The third-order valence-corrected chi connectivity index (χ3v) is 1.64. The molecule has 0 saturated carbocycles. The molecule has 0 aromatic carbocycles. The summed E-state index contributed by atoms with van der Waals surface area (Å²) >= 11 is 5.70. The second-order valence-electron chi connectivity index (χ2n) is 0.951. The Labute approximate surface area is 64.5 Å². The van der Waals surface area contributed by atoms with Crippen molar-refractivity contribution in [2.24, 2.45) is 0 Å². The molecule has 0 aliphatic carbocycles. The van der Waals surface area contributed by atoms with Crippen molar-refractivity contribution in [2.75, 3.05) is 0 Å². The second-order valence-corrected chi connectivity index (χ2v) is 2.68. The first-order valence-corrected chi connectivity index (χ1v) is 2.95. The summed E-state index contributed by atoms with van der Waals surface area (Å²) < 4.78 is 1.08. The first kappa shape index (κ1) is 7.65. The minimum atomic E-state index is 0. The molecule has 34 valence electrons. The summed E-state index contributed by atoms with van der Waals surface area (Å²) in [5.74, 6) is 0. The van der Waals surface area contributed by atoms with Crippen molar-refractivity contribution >= 4 is 42.8 Å². The van der Waals surface area contributed by atoms with Crippen LogP contribution in [0.3, 0.4) is 0 Å². The topological polar surface area (TPSA) is 0 Å². The van der Waals surface area contributed by atoms with Crippen molar-refractivity contribution in [3.63, 3.8) is 0 Å². The van der Waals surface area contributed by atoms with E-state index in [1.165, 1.54) is 0 Å². The third kappa shape index (κ3) is 2.45. The normalized spacial score (nSPS) is 7.57. The van der Waals surface area contributed by atoms with Gasteiger partial charge in [0.25, 0.3) is 0 Å². The molecule has 0 spiro atoms. The van der Waals surface area contributed by atoms with Gasteiger partial charge in [0, 0.05) is 0 Å². The first-order valence-electron chi connectivity index (χ1n) is 1.62. The van der Waals surface area contributed by atoms with Gasteiger partial charge < -0.3 is 0 Å². The van der Waals surface area contributed by atoms with E-state index < -0.39 is 0 Å². The standard InChI is InChI=1S/C4H4S2.Li.H/c5-4-2-1-3-6-4;;/h1-3,5H;;. The van der Waals surface area contributed by atoms with E-state index in [0.717, 1.165) is 4.21 Å². The van der Waals surface area contributed by atoms with E-state index in [4.69, 9.17) is 0 Å². The molecule has 1 heterocycles. The van der Waals surface area contributed by atoms with E-state index in [9.17, 15) is 0 Å². The summed E-state index contributed by atoms with van der Waals surface area (Å²) in [6.07, 6.45) is 0. The molecule has 0 unspecified atom stereocenters. The zero-order chi connectivity index (χ0) is 4.41. The van der Waals surface area contributed by atoms with Gasteiger partial charge in [-0.1, -0.05) is 6.07 Å². The molecular formula is C4H5LiS2. The van der Waals surface area contributed by atoms with Crippen LogP contribution in [0.25, 0.3) is 0 Å². The summed E-state index contributed by atoms with van der Waals surface area (Å²) in [6, 6.07) is 3.95. The predicted octanol–water partition coefficient (Wildman–Crippen LogP) is 1.39. The van der Waals surface area contributed by atoms with Crippen LogP contribution in [-0.4, -0.2) is 18.9 Å². The maximum atomic E-state index is 4.05. The quantitative estimate of drug-likeness (QED) is 0.392. The SMILES string of the molecule is Sc1cccs1.[LiH]. The summed E-state index contributed by atoms with van der Waals surface area (Å²) in [5, 5.41) is 2.00. The zero-order valence-electron chi connectivity index (χ0n) is 3.09. The Morgan fingerprint density at radius 3 is 2.43 bits per heavy atom. The van der Waals surface area contributed by atoms with Crippen LogP contribution in [0.5, 0.6) is 0 Å². The van der Waals surface area contributed by atoms with Gasteiger partial charge in [0.2, 0.25) is 0 Å². The molecule has 3 heteroatoms. The molecular weight excluding hydrogens is 119 g/mol. The minimum absolute atomic E-state index is 0. The van der Waals surface area contributed by atoms with Gasteiger partial charge in [0.15, 0.2) is 0 Å². The van der Waals surface area contributed by atoms with Crippen molar-refractivity contribution in [3.8, 4) is 0 Å². The van der Waals surface area contributed by atoms with Crippen LogP contribution < -0.4 is 0 Å². The Morgan fingerprint density at radius 2 is 2.29 bits per heavy atom. The van der Waals surface area contributed by atoms with Crippen LogP contribution in [0.2, 0.25) is 0 Å². The van der Waals surface area contributed by atoms with Gasteiger partial charge >= 0.3 is 18.9 Å². The van der Waals surface area contributed by atoms with Crippen LogP contribution in [-0.2, 0) is 0 Å². The molecule has 0 amide bonds. The molecule has 0 saturated heterocycles. The number of rotatable bonds is 0. The van der Waals surface area contributed by atoms with Gasteiger partial charge in [-0.2, -0.15) is 0 Å². The molecule has 1 rings (SSSR count). The average Bonchev–Trinajstić information content (AvgIpc) is 1.86. The van der Waals surface area contributed by atoms with Gasteiger partial charge in [-0.25, -0.2) is 0 Å². The molecule has 0 bridgehead atoms. The van der Waals surface area contributed by atoms with Crippen molar-refractivity contribution in [2.45, 2.75) is 4.21 Å². The van der Waals surface area contributed by atoms with E-state index in [1.54, 1.807) is 11.3 Å². The van der Waals surface area contributed by atoms with Crippen LogP contribution in [0, 0.1) is 0 Å².